The molecule has 0 atom stereocenters. The van der Waals surface area contributed by atoms with E-state index in [1.165, 1.54) is 24.3 Å². The monoisotopic (exact) mass is 892 g/mol. The minimum absolute atomic E-state index is 0.184. The molecule has 11 heteroatoms. The lowest BCUT2D eigenvalue weighted by Gasteiger charge is -2.39. The molecule has 0 saturated heterocycles. The van der Waals surface area contributed by atoms with Crippen molar-refractivity contribution >= 4 is 21.5 Å². The van der Waals surface area contributed by atoms with Gasteiger partial charge in [0.1, 0.15) is 13.1 Å². The highest BCUT2D eigenvalue weighted by Gasteiger charge is 2.38. The van der Waals surface area contributed by atoms with Crippen LogP contribution in [0.25, 0.3) is 77.2 Å². The van der Waals surface area contributed by atoms with Crippen molar-refractivity contribution in [2.45, 2.75) is 52.6 Å². The molecule has 0 unspecified atom stereocenters. The summed E-state index contributed by atoms with van der Waals surface area (Å²) in [6, 6.07) is 32.0. The third-order valence-electron chi connectivity index (χ3n) is 12.9. The molecule has 0 fully saturated rings. The van der Waals surface area contributed by atoms with Gasteiger partial charge in [-0.25, -0.2) is 43.9 Å². The molecule has 8 aromatic carbocycles. The van der Waals surface area contributed by atoms with E-state index in [1.807, 2.05) is 36.4 Å². The second kappa shape index (κ2) is 17.2. The summed E-state index contributed by atoms with van der Waals surface area (Å²) in [6.45, 7) is 6.99. The molecule has 8 aromatic rings. The summed E-state index contributed by atoms with van der Waals surface area (Å²) in [5.41, 5.74) is 4.50. The fourth-order valence-electron chi connectivity index (χ4n) is 9.69. The molecule has 0 aliphatic carbocycles. The van der Waals surface area contributed by atoms with Crippen molar-refractivity contribution in [3.63, 3.8) is 0 Å². The van der Waals surface area contributed by atoms with Crippen LogP contribution in [0.5, 0.6) is 0 Å². The van der Waals surface area contributed by atoms with Gasteiger partial charge in [-0.1, -0.05) is 124 Å². The molecule has 1 aliphatic rings. The van der Waals surface area contributed by atoms with E-state index in [-0.39, 0.29) is 11.1 Å². The first-order valence-corrected chi connectivity index (χ1v) is 21.5. The number of benzene rings is 8. The molecular formula is C54H40F10N+. The molecular weight excluding hydrogens is 853 g/mol. The van der Waals surface area contributed by atoms with Gasteiger partial charge >= 0.3 is 0 Å². The van der Waals surface area contributed by atoms with Gasteiger partial charge in [0, 0.05) is 22.3 Å². The van der Waals surface area contributed by atoms with Crippen LogP contribution in [0.2, 0.25) is 0 Å². The number of hydrogen-bond acceptors (Lipinski definition) is 0. The molecule has 0 radical (unpaired) electrons. The van der Waals surface area contributed by atoms with Gasteiger partial charge in [-0.15, -0.1) is 0 Å². The highest BCUT2D eigenvalue weighted by atomic mass is 19.2. The van der Waals surface area contributed by atoms with Crippen molar-refractivity contribution < 1.29 is 48.4 Å². The molecule has 1 heterocycles. The zero-order valence-corrected chi connectivity index (χ0v) is 35.3. The topological polar surface area (TPSA) is 0 Å². The van der Waals surface area contributed by atoms with Crippen LogP contribution in [-0.4, -0.2) is 17.6 Å². The summed E-state index contributed by atoms with van der Waals surface area (Å²) in [6.07, 6.45) is 3.62. The van der Waals surface area contributed by atoms with Gasteiger partial charge in [-0.05, 0) is 79.9 Å². The summed E-state index contributed by atoms with van der Waals surface area (Å²) in [5.74, 6) is -20.3. The molecule has 0 spiro atoms. The lowest BCUT2D eigenvalue weighted by molar-refractivity contribution is -0.953. The average Bonchev–Trinajstić information content (AvgIpc) is 3.48. The van der Waals surface area contributed by atoms with Crippen LogP contribution in [0.4, 0.5) is 43.9 Å². The summed E-state index contributed by atoms with van der Waals surface area (Å²) in [5, 5.41) is 3.69. The summed E-state index contributed by atoms with van der Waals surface area (Å²) >= 11 is 0. The second-order valence-electron chi connectivity index (χ2n) is 16.9. The summed E-state index contributed by atoms with van der Waals surface area (Å²) < 4.78 is 146. The number of rotatable bonds is 10. The van der Waals surface area contributed by atoms with Crippen molar-refractivity contribution in [1.82, 2.24) is 0 Å². The maximum atomic E-state index is 15.0. The number of nitrogens with zero attached hydrogens (tertiary/aromatic N) is 1. The van der Waals surface area contributed by atoms with E-state index in [1.54, 1.807) is 24.3 Å². The third-order valence-corrected chi connectivity index (χ3v) is 12.9. The molecule has 9 rings (SSSR count). The van der Waals surface area contributed by atoms with Crippen LogP contribution in [0, 0.1) is 58.2 Å². The number of fused-ring (bicyclic) bond motifs is 7. The predicted molar refractivity (Wildman–Crippen MR) is 235 cm³/mol. The minimum atomic E-state index is -2.23. The Morgan fingerprint density at radius 3 is 1.02 bits per heavy atom. The van der Waals surface area contributed by atoms with Gasteiger partial charge in [0.15, 0.2) is 46.5 Å². The molecule has 1 aliphatic heterocycles. The van der Waals surface area contributed by atoms with Crippen LogP contribution in [0.15, 0.2) is 109 Å². The van der Waals surface area contributed by atoms with Gasteiger partial charge < -0.3 is 4.48 Å². The fraction of sp³-hybridized carbons (Fsp3) is 0.185. The summed E-state index contributed by atoms with van der Waals surface area (Å²) in [4.78, 5) is 0. The van der Waals surface area contributed by atoms with Crippen molar-refractivity contribution in [2.24, 2.45) is 0 Å². The highest BCUT2D eigenvalue weighted by molar-refractivity contribution is 6.12. The lowest BCUT2D eigenvalue weighted by Crippen LogP contribution is -2.47. The van der Waals surface area contributed by atoms with Gasteiger partial charge in [0.2, 0.25) is 11.6 Å². The van der Waals surface area contributed by atoms with E-state index >= 15 is 17.6 Å². The van der Waals surface area contributed by atoms with Crippen molar-refractivity contribution in [2.75, 3.05) is 13.1 Å². The van der Waals surface area contributed by atoms with Crippen LogP contribution < -0.4 is 0 Å². The van der Waals surface area contributed by atoms with E-state index < -0.39 is 69.3 Å². The zero-order valence-electron chi connectivity index (χ0n) is 35.3. The molecule has 0 bridgehead atoms. The van der Waals surface area contributed by atoms with Crippen molar-refractivity contribution in [3.05, 3.63) is 178 Å². The van der Waals surface area contributed by atoms with Gasteiger partial charge in [-0.2, -0.15) is 0 Å². The second-order valence-corrected chi connectivity index (χ2v) is 16.9. The first kappa shape index (κ1) is 43.8. The Bertz CT molecular complexity index is 2910. The standard InChI is InChI=1S/C54H40F10N/c1-3-5-23-65(24-6-4-2)27-39-37(29-15-19-31(20-16-29)41-45(55)49(59)53(63)50(60)46(41)56)25-33-11-7-9-13-35(33)43(39)44-36-14-10-8-12-34(36)26-38(40(44)28-65)30-17-21-32(22-18-30)42-47(57)51(61)54(64)52(62)48(42)58/h7-22,25-26H,3-6,23-24,27-28H2,1-2H3/q+1. The molecule has 65 heavy (non-hydrogen) atoms. The van der Waals surface area contributed by atoms with E-state index in [4.69, 9.17) is 0 Å². The van der Waals surface area contributed by atoms with E-state index in [2.05, 4.69) is 38.1 Å². The number of halogens is 10. The smallest absolute Gasteiger partial charge is 0.200 e. The number of unbranched alkanes of at least 4 members (excludes halogenated alkanes) is 2. The summed E-state index contributed by atoms with van der Waals surface area (Å²) in [7, 11) is 0. The maximum absolute atomic E-state index is 15.0. The Morgan fingerprint density at radius 1 is 0.369 bits per heavy atom. The highest BCUT2D eigenvalue weighted by Crippen LogP contribution is 2.50. The Hall–Kier alpha value is -6.46. The first-order valence-electron chi connectivity index (χ1n) is 21.5. The van der Waals surface area contributed by atoms with Crippen molar-refractivity contribution in [1.29, 1.82) is 0 Å². The predicted octanol–water partition coefficient (Wildman–Crippen LogP) is 16.1. The quantitative estimate of drug-likeness (QED) is 0.0555. The third kappa shape index (κ3) is 7.34. The zero-order chi connectivity index (χ0) is 45.9. The van der Waals surface area contributed by atoms with Crippen LogP contribution in [0.1, 0.15) is 50.7 Å². The van der Waals surface area contributed by atoms with Gasteiger partial charge in [0.05, 0.1) is 24.2 Å². The molecule has 1 nitrogen and oxygen atoms in total. The van der Waals surface area contributed by atoms with Crippen LogP contribution in [-0.2, 0) is 13.1 Å². The van der Waals surface area contributed by atoms with E-state index in [0.717, 1.165) is 93.7 Å². The Labute approximate surface area is 368 Å². The molecule has 0 aromatic heterocycles. The Morgan fingerprint density at radius 2 is 0.677 bits per heavy atom. The fourth-order valence-corrected chi connectivity index (χ4v) is 9.69. The van der Waals surface area contributed by atoms with Gasteiger partial charge in [-0.3, -0.25) is 0 Å². The molecule has 0 N–H and O–H groups in total. The molecule has 0 saturated carbocycles. The molecule has 0 amide bonds. The van der Waals surface area contributed by atoms with Crippen LogP contribution >= 0.6 is 0 Å². The Balaban J connectivity index is 1.33. The first-order chi connectivity index (χ1) is 31.3. The average molecular weight is 893 g/mol. The number of hydrogen-bond donors (Lipinski definition) is 0. The lowest BCUT2D eigenvalue weighted by atomic mass is 9.82. The van der Waals surface area contributed by atoms with Gasteiger partial charge in [0.25, 0.3) is 0 Å². The largest absolute Gasteiger partial charge is 0.316 e. The van der Waals surface area contributed by atoms with E-state index in [0.29, 0.717) is 28.7 Å². The minimum Gasteiger partial charge on any atom is -0.316 e. The SMILES string of the molecule is CCCC[N+]1(CCCC)Cc2c(-c3ccc(-c4c(F)c(F)c(F)c(F)c4F)cc3)cc3ccccc3c2-c2c(c(-c3ccc(-c4c(F)c(F)c(F)c(F)c4F)cc3)cc3ccccc23)C1. The molecule has 330 valence electrons. The van der Waals surface area contributed by atoms with E-state index in [9.17, 15) is 26.3 Å². The Kier molecular flexibility index (Phi) is 11.6. The maximum Gasteiger partial charge on any atom is 0.200 e. The number of quaternary nitrogens is 1. The normalized spacial score (nSPS) is 13.3. The van der Waals surface area contributed by atoms with Crippen molar-refractivity contribution in [3.8, 4) is 55.6 Å². The van der Waals surface area contributed by atoms with Crippen LogP contribution in [0.3, 0.4) is 0 Å².